The molecule has 0 bridgehead atoms. The van der Waals surface area contributed by atoms with Crippen molar-refractivity contribution in [3.63, 3.8) is 0 Å². The van der Waals surface area contributed by atoms with Gasteiger partial charge in [-0.3, -0.25) is 0 Å². The number of hydrogen-bond acceptors (Lipinski definition) is 2. The minimum absolute atomic E-state index is 0.331. The van der Waals surface area contributed by atoms with Crippen LogP contribution < -0.4 is 15.9 Å². The van der Waals surface area contributed by atoms with E-state index in [9.17, 15) is 9.59 Å². The maximum Gasteiger partial charge on any atom is 0.446 e. The summed E-state index contributed by atoms with van der Waals surface area (Å²) >= 11 is 0. The lowest BCUT2D eigenvalue weighted by atomic mass is 10.1. The van der Waals surface area contributed by atoms with Crippen LogP contribution in [0.25, 0.3) is 0 Å². The molecule has 0 aliphatic rings. The summed E-state index contributed by atoms with van der Waals surface area (Å²) in [6, 6.07) is 0. The lowest BCUT2D eigenvalue weighted by Crippen LogP contribution is -2.66. The van der Waals surface area contributed by atoms with Gasteiger partial charge >= 0.3 is 11.4 Å². The fourth-order valence-corrected chi connectivity index (χ4v) is 1.36. The zero-order valence-electron chi connectivity index (χ0n) is 8.26. The van der Waals surface area contributed by atoms with Crippen molar-refractivity contribution in [1.29, 1.82) is 0 Å². The maximum absolute atomic E-state index is 11.4. The van der Waals surface area contributed by atoms with Crippen molar-refractivity contribution >= 4 is 0 Å². The van der Waals surface area contributed by atoms with E-state index in [1.165, 1.54) is 4.57 Å². The van der Waals surface area contributed by atoms with Gasteiger partial charge in [0.15, 0.2) is 0 Å². The Morgan fingerprint density at radius 3 is 2.08 bits per heavy atom. The smallest absolute Gasteiger partial charge is 0.214 e. The predicted molar refractivity (Wildman–Crippen MR) is 47.6 cm³/mol. The molecule has 1 aromatic heterocycles. The van der Waals surface area contributed by atoms with Crippen molar-refractivity contribution < 1.29 is 4.57 Å². The topological polar surface area (TPSA) is 69.6 Å². The Morgan fingerprint density at radius 1 is 1.15 bits per heavy atom. The molecule has 0 aliphatic heterocycles. The molecule has 2 N–H and O–H groups in total. The molecule has 1 heterocycles. The monoisotopic (exact) mass is 184 g/mol. The minimum Gasteiger partial charge on any atom is -0.214 e. The number of nitrogens with zero attached hydrogens (tertiary/aromatic N) is 1. The molecule has 0 fully saturated rings. The normalized spacial score (nSPS) is 11.7. The molecule has 0 atom stereocenters. The SMILES string of the molecule is Cc1[nH]c(=O)[nH]c(=O)[n+]1C(C)(C)C. The molecule has 0 spiro atoms. The number of nitrogens with one attached hydrogen (secondary N) is 2. The summed E-state index contributed by atoms with van der Waals surface area (Å²) in [7, 11) is 0. The van der Waals surface area contributed by atoms with E-state index in [0.29, 0.717) is 5.82 Å². The van der Waals surface area contributed by atoms with Crippen molar-refractivity contribution in [1.82, 2.24) is 9.97 Å². The highest BCUT2D eigenvalue weighted by molar-refractivity contribution is 4.69. The summed E-state index contributed by atoms with van der Waals surface area (Å²) in [6.45, 7) is 7.39. The van der Waals surface area contributed by atoms with Gasteiger partial charge in [-0.05, 0) is 20.8 Å². The highest BCUT2D eigenvalue weighted by Crippen LogP contribution is 2.00. The molecule has 72 valence electrons. The van der Waals surface area contributed by atoms with Gasteiger partial charge in [0, 0.05) is 6.92 Å². The third kappa shape index (κ3) is 1.85. The van der Waals surface area contributed by atoms with Crippen LogP contribution >= 0.6 is 0 Å². The first kappa shape index (κ1) is 9.70. The lowest BCUT2D eigenvalue weighted by molar-refractivity contribution is -0.777. The summed E-state index contributed by atoms with van der Waals surface area (Å²) in [4.78, 5) is 27.0. The summed E-state index contributed by atoms with van der Waals surface area (Å²) in [5.41, 5.74) is -1.18. The van der Waals surface area contributed by atoms with E-state index >= 15 is 0 Å². The summed E-state index contributed by atoms with van der Waals surface area (Å²) in [5, 5.41) is 0. The quantitative estimate of drug-likeness (QED) is 0.529. The highest BCUT2D eigenvalue weighted by Gasteiger charge is 2.23. The Kier molecular flexibility index (Phi) is 2.11. The van der Waals surface area contributed by atoms with E-state index in [4.69, 9.17) is 0 Å². The molecule has 5 heteroatoms. The van der Waals surface area contributed by atoms with E-state index < -0.39 is 5.69 Å². The van der Waals surface area contributed by atoms with Gasteiger partial charge < -0.3 is 0 Å². The number of aryl methyl sites for hydroxylation is 1. The fourth-order valence-electron chi connectivity index (χ4n) is 1.36. The van der Waals surface area contributed by atoms with Crippen LogP contribution in [0.1, 0.15) is 26.6 Å². The van der Waals surface area contributed by atoms with Crippen molar-refractivity contribution in [2.45, 2.75) is 33.2 Å². The molecule has 0 saturated carbocycles. The molecular weight excluding hydrogens is 170 g/mol. The Balaban J connectivity index is 3.57. The molecule has 5 nitrogen and oxygen atoms in total. The first-order valence-electron chi connectivity index (χ1n) is 4.08. The van der Waals surface area contributed by atoms with E-state index in [1.807, 2.05) is 20.8 Å². The van der Waals surface area contributed by atoms with E-state index in [2.05, 4.69) is 9.97 Å². The second-order valence-electron chi connectivity index (χ2n) is 3.98. The summed E-state index contributed by atoms with van der Waals surface area (Å²) < 4.78 is 1.51. The molecule has 0 amide bonds. The van der Waals surface area contributed by atoms with Gasteiger partial charge in [-0.15, -0.1) is 0 Å². The van der Waals surface area contributed by atoms with Gasteiger partial charge in [-0.25, -0.2) is 14.6 Å². The molecule has 0 saturated heterocycles. The minimum atomic E-state index is -0.469. The second-order valence-corrected chi connectivity index (χ2v) is 3.98. The van der Waals surface area contributed by atoms with Gasteiger partial charge in [0.05, 0.1) is 5.54 Å². The van der Waals surface area contributed by atoms with Crippen LogP contribution in [0.4, 0.5) is 0 Å². The van der Waals surface area contributed by atoms with Gasteiger partial charge in [-0.1, -0.05) is 0 Å². The third-order valence-corrected chi connectivity index (χ3v) is 1.72. The number of aromatic amines is 2. The Labute approximate surface area is 75.4 Å². The van der Waals surface area contributed by atoms with Crippen molar-refractivity contribution in [2.75, 3.05) is 0 Å². The first-order chi connectivity index (χ1) is 5.82. The van der Waals surface area contributed by atoms with Gasteiger partial charge in [-0.2, -0.15) is 9.55 Å². The molecule has 0 aliphatic carbocycles. The van der Waals surface area contributed by atoms with Crippen LogP contribution in [0.3, 0.4) is 0 Å². The van der Waals surface area contributed by atoms with Crippen LogP contribution in [0.15, 0.2) is 9.59 Å². The maximum atomic E-state index is 11.4. The summed E-state index contributed by atoms with van der Waals surface area (Å²) in [6.07, 6.45) is 0. The summed E-state index contributed by atoms with van der Waals surface area (Å²) in [5.74, 6) is 0.557. The zero-order chi connectivity index (χ0) is 10.2. The highest BCUT2D eigenvalue weighted by atomic mass is 16.2. The first-order valence-corrected chi connectivity index (χ1v) is 4.08. The van der Waals surface area contributed by atoms with Crippen molar-refractivity contribution in [3.05, 3.63) is 26.8 Å². The molecule has 0 radical (unpaired) electrons. The molecular formula is C8H14N3O2+. The Hall–Kier alpha value is -1.39. The molecule has 1 aromatic rings. The number of hydrogen-bond donors (Lipinski definition) is 2. The van der Waals surface area contributed by atoms with Gasteiger partial charge in [0.25, 0.3) is 0 Å². The Morgan fingerprint density at radius 2 is 1.69 bits per heavy atom. The average Bonchev–Trinajstić information content (AvgIpc) is 1.78. The zero-order valence-corrected chi connectivity index (χ0v) is 8.26. The number of aromatic nitrogens is 3. The van der Waals surface area contributed by atoms with Gasteiger partial charge in [0.1, 0.15) is 0 Å². The van der Waals surface area contributed by atoms with E-state index in [-0.39, 0.29) is 11.2 Å². The fraction of sp³-hybridized carbons (Fsp3) is 0.625. The number of rotatable bonds is 0. The van der Waals surface area contributed by atoms with Crippen molar-refractivity contribution in [3.8, 4) is 0 Å². The van der Waals surface area contributed by atoms with Crippen LogP contribution in [0.2, 0.25) is 0 Å². The van der Waals surface area contributed by atoms with Crippen molar-refractivity contribution in [2.24, 2.45) is 0 Å². The standard InChI is InChI=1S/C8H13N3O2/c1-5-9-6(12)10-7(13)11(5)8(2,3)4/h1-4H3,(H,10,12,13)/p+1. The predicted octanol–water partition coefficient (Wildman–Crippen LogP) is -0.586. The van der Waals surface area contributed by atoms with E-state index in [0.717, 1.165) is 0 Å². The van der Waals surface area contributed by atoms with Gasteiger partial charge in [0.2, 0.25) is 5.82 Å². The molecule has 0 aromatic carbocycles. The van der Waals surface area contributed by atoms with Crippen LogP contribution in [-0.2, 0) is 5.54 Å². The second kappa shape index (κ2) is 2.83. The largest absolute Gasteiger partial charge is 0.446 e. The Bertz CT molecular complexity index is 422. The van der Waals surface area contributed by atoms with Crippen LogP contribution in [0.5, 0.6) is 0 Å². The van der Waals surface area contributed by atoms with Crippen LogP contribution in [-0.4, -0.2) is 9.97 Å². The number of H-pyrrole nitrogens is 2. The average molecular weight is 184 g/mol. The molecule has 1 rings (SSSR count). The third-order valence-electron chi connectivity index (χ3n) is 1.72. The van der Waals surface area contributed by atoms with Crippen LogP contribution in [0, 0.1) is 6.92 Å². The lowest BCUT2D eigenvalue weighted by Gasteiger charge is -2.17. The molecule has 13 heavy (non-hydrogen) atoms. The van der Waals surface area contributed by atoms with E-state index in [1.54, 1.807) is 6.92 Å². The molecule has 0 unspecified atom stereocenters.